The lowest BCUT2D eigenvalue weighted by molar-refractivity contribution is -0.118. The first-order valence-corrected chi connectivity index (χ1v) is 44.5. The molecule has 35 heteroatoms. The molecule has 0 atom stereocenters. The molecule has 13 aromatic heterocycles. The monoisotopic (exact) mass is 1820 g/mol. The van der Waals surface area contributed by atoms with Gasteiger partial charge in [-0.3, -0.25) is 93.5 Å². The molecule has 0 saturated heterocycles. The van der Waals surface area contributed by atoms with Gasteiger partial charge in [0.05, 0.1) is 111 Å². The molecule has 6 aromatic carbocycles. The number of H-pyrrole nitrogens is 4. The lowest BCUT2D eigenvalue weighted by atomic mass is 10.0. The van der Waals surface area contributed by atoms with Gasteiger partial charge in [0.2, 0.25) is 0 Å². The van der Waals surface area contributed by atoms with Crippen LogP contribution in [0.4, 0.5) is 34.1 Å². The van der Waals surface area contributed by atoms with Crippen LogP contribution in [0.15, 0.2) is 263 Å². The Kier molecular flexibility index (Phi) is 24.7. The molecule has 680 valence electrons. The molecule has 0 saturated carbocycles. The van der Waals surface area contributed by atoms with E-state index < -0.39 is 0 Å². The Bertz CT molecular complexity index is 7800. The van der Waals surface area contributed by atoms with Gasteiger partial charge in [-0.15, -0.1) is 5.10 Å². The van der Waals surface area contributed by atoms with Gasteiger partial charge in [-0.1, -0.05) is 59.8 Å². The number of rotatable bonds is 0. The van der Waals surface area contributed by atoms with Crippen LogP contribution >= 0.6 is 0 Å². The number of hydrogen-bond donors (Lipinski definition) is 9. The minimum absolute atomic E-state index is 0.160. The summed E-state index contributed by atoms with van der Waals surface area (Å²) in [5.41, 5.74) is 25.6. The van der Waals surface area contributed by atoms with Gasteiger partial charge < -0.3 is 46.0 Å². The quantitative estimate of drug-likeness (QED) is 0.0681. The first-order chi connectivity index (χ1) is 66.8. The van der Waals surface area contributed by atoms with Crippen LogP contribution in [0.5, 0.6) is 5.75 Å². The van der Waals surface area contributed by atoms with Crippen LogP contribution in [-0.2, 0) is 44.6 Å². The fourth-order valence-electron chi connectivity index (χ4n) is 17.2. The van der Waals surface area contributed by atoms with Crippen molar-refractivity contribution in [2.75, 3.05) is 85.9 Å². The molecule has 9 N–H and O–H groups in total. The normalized spacial score (nSPS) is 14.4. The first kappa shape index (κ1) is 87.4. The van der Waals surface area contributed by atoms with Crippen molar-refractivity contribution in [1.82, 2.24) is 115 Å². The minimum atomic E-state index is -0.360. The van der Waals surface area contributed by atoms with E-state index in [1.165, 1.54) is 5.56 Å². The van der Waals surface area contributed by atoms with E-state index in [-0.39, 0.29) is 41.8 Å². The van der Waals surface area contributed by atoms with Crippen molar-refractivity contribution in [2.24, 2.45) is 7.05 Å². The first-order valence-electron chi connectivity index (χ1n) is 44.5. The lowest BCUT2D eigenvalue weighted by Crippen LogP contribution is -2.22. The van der Waals surface area contributed by atoms with E-state index in [1.807, 2.05) is 187 Å². The third-order valence-corrected chi connectivity index (χ3v) is 24.1. The fourth-order valence-corrected chi connectivity index (χ4v) is 17.2. The number of carbonyl (C=O) groups excluding carboxylic acids is 5. The topological polar surface area (TPSA) is 421 Å². The van der Waals surface area contributed by atoms with E-state index in [9.17, 15) is 24.0 Å². The number of nitrogens with zero attached hydrogens (tertiary/aromatic N) is 20. The summed E-state index contributed by atoms with van der Waals surface area (Å²) >= 11 is 0. The number of anilines is 6. The molecule has 23 rings (SSSR count). The highest BCUT2D eigenvalue weighted by Gasteiger charge is 2.25. The van der Waals surface area contributed by atoms with Crippen LogP contribution in [0.2, 0.25) is 0 Å². The van der Waals surface area contributed by atoms with Crippen molar-refractivity contribution in [1.29, 1.82) is 0 Å². The molecular weight excluding hydrogens is 1730 g/mol. The maximum atomic E-state index is 13.2. The van der Waals surface area contributed by atoms with Gasteiger partial charge in [0.1, 0.15) is 11.4 Å². The predicted octanol–water partition coefficient (Wildman–Crippen LogP) is 15.8. The van der Waals surface area contributed by atoms with Crippen LogP contribution in [0.25, 0.3) is 122 Å². The SMILES string of the molecule is CN1CCCCN(C)c2cncc(c2)NC(=O)c2n[nH]c3ccc(cc23)-c2cncc(c2)C1.CN1CCCn2cc(nn2)-c2cncc(c2)NC(=O)c2n[nH]c3ccc(cc23)-c2cncc(c2)C1.CN1Cc2cccc(c2)-c2cncc(c2)NC(=O)c2n[nH]c3ccc(cc23)-c2cnn(C)c2C1.O=C1COc2cccc(c2)-c2cncc(c2)NC(=O)c2n[nH]c3ccc(cc23)-c2cncc(c2)N1. The molecule has 0 fully saturated rings. The van der Waals surface area contributed by atoms with Crippen molar-refractivity contribution in [3.8, 4) is 83.8 Å². The molecule has 0 unspecified atom stereocenters. The number of benzene rings is 6. The highest BCUT2D eigenvalue weighted by Crippen LogP contribution is 2.36. The average molecular weight is 1820 g/mol. The summed E-state index contributed by atoms with van der Waals surface area (Å²) in [5.74, 6) is -1.01. The van der Waals surface area contributed by atoms with Gasteiger partial charge in [-0.05, 0) is 213 Å². The summed E-state index contributed by atoms with van der Waals surface area (Å²) in [4.78, 5) is 105. The number of pyridine rings is 7. The van der Waals surface area contributed by atoms with Crippen LogP contribution < -0.4 is 36.2 Å². The summed E-state index contributed by atoms with van der Waals surface area (Å²) in [6, 6.07) is 52.9. The Labute approximate surface area is 783 Å². The smallest absolute Gasteiger partial charge is 0.276 e. The van der Waals surface area contributed by atoms with Gasteiger partial charge in [-0.2, -0.15) is 25.5 Å². The molecule has 17 heterocycles. The van der Waals surface area contributed by atoms with Crippen LogP contribution in [0, 0.1) is 0 Å². The molecule has 19 aromatic rings. The summed E-state index contributed by atoms with van der Waals surface area (Å²) in [7, 11) is 10.4. The molecule has 0 spiro atoms. The Balaban J connectivity index is 0.000000113. The molecule has 0 radical (unpaired) electrons. The zero-order valence-corrected chi connectivity index (χ0v) is 75.2. The standard InChI is InChI=1S/C26H23N7O.C26H18N6O3.C25H23N9O.C25H27N7O/c1-32-14-16-4-3-5-17(8-16)19-9-20(12-27-11-19)29-26(34)25-21-10-18(6-7-23(21)30-31-25)22-13-28-33(2)24(22)15-32;33-24-14-35-21-3-1-2-15(8-21)17-7-20(13-28-10-17)30-26(34)25-22-9-16(4-5-23(22)31-32-25)18-6-19(29-24)12-27-11-18;1-33-5-2-6-34-15-23(30-32-34)19-8-20(13-27-12-19)28-25(35)24-21-9-17(3-4-22(21)29-31-24)18-7-16(14-33)10-26-11-18;1-31-7-3-4-8-32(2)21-11-20(14-27-15-21)28-25(33)24-22-10-18(5-6-23(22)29-30-24)19-9-17(16-31)12-26-13-19/h3-13H,14-15H2,1-2H3,(H,29,34)(H,30,31);1-13H,14H2,(H,29,33)(H,30,34)(H,31,32);3-4,7-13,15H,2,5-6,14H2,1H3,(H,28,35)(H,29,31);5-6,9-15H,3-4,7-8,16H2,1-2H3,(H,28,33)(H,29,30). The van der Waals surface area contributed by atoms with Crippen molar-refractivity contribution in [3.63, 3.8) is 0 Å². The summed E-state index contributed by atoms with van der Waals surface area (Å²) in [5, 5.41) is 59.5. The van der Waals surface area contributed by atoms with E-state index >= 15 is 0 Å². The van der Waals surface area contributed by atoms with E-state index in [4.69, 9.17) is 4.74 Å². The number of aromatic amines is 4. The van der Waals surface area contributed by atoms with Crippen molar-refractivity contribution < 1.29 is 28.7 Å². The zero-order chi connectivity index (χ0) is 93.6. The number of aryl methyl sites for hydroxylation is 2. The number of ether oxygens (including phenoxy) is 1. The van der Waals surface area contributed by atoms with E-state index in [0.29, 0.717) is 62.3 Å². The van der Waals surface area contributed by atoms with Crippen molar-refractivity contribution in [2.45, 2.75) is 52.0 Å². The van der Waals surface area contributed by atoms with Crippen molar-refractivity contribution in [3.05, 3.63) is 308 Å². The molecule has 28 bridgehead atoms. The third kappa shape index (κ3) is 19.8. The maximum Gasteiger partial charge on any atom is 0.276 e. The minimum Gasteiger partial charge on any atom is -0.484 e. The van der Waals surface area contributed by atoms with Crippen LogP contribution in [0.3, 0.4) is 0 Å². The van der Waals surface area contributed by atoms with Gasteiger partial charge in [-0.25, -0.2) is 0 Å². The largest absolute Gasteiger partial charge is 0.484 e. The number of nitrogens with one attached hydrogen (secondary N) is 9. The van der Waals surface area contributed by atoms with Crippen LogP contribution in [-0.4, -0.2) is 199 Å². The second-order valence-electron chi connectivity index (χ2n) is 34.3. The number of carbonyl (C=O) groups is 5. The summed E-state index contributed by atoms with van der Waals surface area (Å²) in [6.07, 6.45) is 31.2. The molecule has 35 nitrogen and oxygen atoms in total. The van der Waals surface area contributed by atoms with Gasteiger partial charge in [0, 0.05) is 163 Å². The van der Waals surface area contributed by atoms with Gasteiger partial charge in [0.25, 0.3) is 29.5 Å². The maximum absolute atomic E-state index is 13.2. The van der Waals surface area contributed by atoms with E-state index in [1.54, 1.807) is 55.6 Å². The zero-order valence-electron chi connectivity index (χ0n) is 75.2. The number of amides is 5. The third-order valence-electron chi connectivity index (χ3n) is 24.1. The Morgan fingerprint density at radius 2 is 0.737 bits per heavy atom. The average Bonchev–Trinajstić information content (AvgIpc) is 1.64. The lowest BCUT2D eigenvalue weighted by Gasteiger charge is -2.21. The Hall–Kier alpha value is -17.6. The number of fused-ring (bicyclic) bond motifs is 32. The van der Waals surface area contributed by atoms with E-state index in [0.717, 1.165) is 205 Å². The fraction of sp³-hybridized carbons (Fsp3) is 0.167. The summed E-state index contributed by atoms with van der Waals surface area (Å²) < 4.78 is 9.46. The molecule has 0 aliphatic carbocycles. The second kappa shape index (κ2) is 38.7. The summed E-state index contributed by atoms with van der Waals surface area (Å²) in [6.45, 7) is 6.55. The van der Waals surface area contributed by atoms with Gasteiger partial charge >= 0.3 is 0 Å². The van der Waals surface area contributed by atoms with E-state index in [2.05, 4.69) is 202 Å². The molecule has 4 aliphatic rings. The Morgan fingerprint density at radius 1 is 0.328 bits per heavy atom. The second-order valence-corrected chi connectivity index (χ2v) is 34.3. The highest BCUT2D eigenvalue weighted by atomic mass is 16.5. The predicted molar refractivity (Wildman–Crippen MR) is 524 cm³/mol. The number of aromatic nitrogens is 20. The molecule has 137 heavy (non-hydrogen) atoms. The van der Waals surface area contributed by atoms with Crippen LogP contribution in [0.1, 0.15) is 83.6 Å². The van der Waals surface area contributed by atoms with Crippen molar-refractivity contribution >= 4 is 107 Å². The highest BCUT2D eigenvalue weighted by molar-refractivity contribution is 6.15. The molecule has 5 amide bonds. The molecular formula is C102H91N29O6. The van der Waals surface area contributed by atoms with Gasteiger partial charge in [0.15, 0.2) is 29.4 Å². The molecule has 4 aliphatic heterocycles. The Morgan fingerprint density at radius 3 is 1.26 bits per heavy atom. The number of hydrogen-bond acceptors (Lipinski definition) is 24.